The third-order valence-corrected chi connectivity index (χ3v) is 4.87. The van der Waals surface area contributed by atoms with Crippen LogP contribution in [0.3, 0.4) is 0 Å². The van der Waals surface area contributed by atoms with Crippen LogP contribution in [0.25, 0.3) is 0 Å². The highest BCUT2D eigenvalue weighted by molar-refractivity contribution is 5.85. The maximum absolute atomic E-state index is 10.1. The van der Waals surface area contributed by atoms with E-state index in [0.29, 0.717) is 5.75 Å². The summed E-state index contributed by atoms with van der Waals surface area (Å²) in [5.74, 6) is 1.42. The Kier molecular flexibility index (Phi) is 10.0. The van der Waals surface area contributed by atoms with E-state index < -0.39 is 0 Å². The van der Waals surface area contributed by atoms with Gasteiger partial charge in [-0.05, 0) is 42.7 Å². The first kappa shape index (κ1) is 24.5. The van der Waals surface area contributed by atoms with Gasteiger partial charge in [-0.15, -0.1) is 24.8 Å². The van der Waals surface area contributed by atoms with Gasteiger partial charge in [-0.2, -0.15) is 0 Å². The van der Waals surface area contributed by atoms with Gasteiger partial charge in [-0.25, -0.2) is 0 Å². The van der Waals surface area contributed by atoms with E-state index in [0.717, 1.165) is 55.3 Å². The smallest absolute Gasteiger partial charge is 0.153 e. The topological polar surface area (TPSA) is 57.6 Å². The molecule has 1 aliphatic rings. The second-order valence-corrected chi connectivity index (χ2v) is 7.24. The molecule has 1 fully saturated rings. The number of phenolic OH excluding ortho intramolecular Hbond substituents is 1. The second kappa shape index (κ2) is 11.5. The zero-order chi connectivity index (χ0) is 18.5. The Morgan fingerprint density at radius 2 is 1.89 bits per heavy atom. The van der Waals surface area contributed by atoms with Crippen molar-refractivity contribution < 1.29 is 9.84 Å². The number of pyridine rings is 1. The summed E-state index contributed by atoms with van der Waals surface area (Å²) >= 11 is 0. The lowest BCUT2D eigenvalue weighted by atomic mass is 9.99. The Morgan fingerprint density at radius 3 is 2.50 bits per heavy atom. The largest absolute Gasteiger partial charge is 0.508 e. The van der Waals surface area contributed by atoms with Gasteiger partial charge >= 0.3 is 0 Å². The molecule has 0 aliphatic carbocycles. The zero-order valence-electron chi connectivity index (χ0n) is 16.7. The molecule has 28 heavy (non-hydrogen) atoms. The molecule has 1 unspecified atom stereocenters. The first-order valence-corrected chi connectivity index (χ1v) is 9.38. The van der Waals surface area contributed by atoms with Crippen LogP contribution in [0.5, 0.6) is 11.5 Å². The predicted molar refractivity (Wildman–Crippen MR) is 118 cm³/mol. The lowest BCUT2D eigenvalue weighted by Crippen LogP contribution is -2.45. The highest BCUT2D eigenvalue weighted by Crippen LogP contribution is 2.35. The number of nitrogens with zero attached hydrogens (tertiary/aromatic N) is 2. The van der Waals surface area contributed by atoms with Crippen LogP contribution < -0.4 is 10.1 Å². The zero-order valence-corrected chi connectivity index (χ0v) is 18.4. The summed E-state index contributed by atoms with van der Waals surface area (Å²) in [7, 11) is 0. The summed E-state index contributed by atoms with van der Waals surface area (Å²) in [6.07, 6.45) is 1.67. The molecule has 0 amide bonds. The van der Waals surface area contributed by atoms with Gasteiger partial charge in [0.05, 0.1) is 5.69 Å². The van der Waals surface area contributed by atoms with Gasteiger partial charge in [-0.1, -0.05) is 19.9 Å². The van der Waals surface area contributed by atoms with Crippen molar-refractivity contribution >= 4 is 24.8 Å². The van der Waals surface area contributed by atoms with Crippen molar-refractivity contribution in [1.29, 1.82) is 0 Å². The molecule has 1 atom stereocenters. The Bertz CT molecular complexity index is 723. The lowest BCUT2D eigenvalue weighted by molar-refractivity contribution is 0.120. The van der Waals surface area contributed by atoms with E-state index in [4.69, 9.17) is 4.74 Å². The third-order valence-electron chi connectivity index (χ3n) is 4.87. The Hall–Kier alpha value is -1.53. The first-order valence-electron chi connectivity index (χ1n) is 9.38. The number of benzene rings is 1. The average Bonchev–Trinajstić information content (AvgIpc) is 2.65. The van der Waals surface area contributed by atoms with E-state index in [9.17, 15) is 5.11 Å². The van der Waals surface area contributed by atoms with Gasteiger partial charge in [0.2, 0.25) is 0 Å². The van der Waals surface area contributed by atoms with E-state index in [-0.39, 0.29) is 36.8 Å². The molecule has 2 heterocycles. The van der Waals surface area contributed by atoms with Crippen LogP contribution in [-0.2, 0) is 0 Å². The number of ether oxygens (including phenoxy) is 1. The fourth-order valence-corrected chi connectivity index (χ4v) is 3.28. The van der Waals surface area contributed by atoms with Gasteiger partial charge in [0.25, 0.3) is 0 Å². The minimum Gasteiger partial charge on any atom is -0.508 e. The summed E-state index contributed by atoms with van der Waals surface area (Å²) in [6, 6.07) is 9.72. The summed E-state index contributed by atoms with van der Waals surface area (Å²) in [6.45, 7) is 11.0. The molecule has 1 aliphatic heterocycles. The predicted octanol–water partition coefficient (Wildman–Crippen LogP) is 4.09. The van der Waals surface area contributed by atoms with Crippen LogP contribution in [-0.4, -0.2) is 47.7 Å². The van der Waals surface area contributed by atoms with Crippen molar-refractivity contribution in [3.8, 4) is 11.5 Å². The quantitative estimate of drug-likeness (QED) is 0.726. The molecule has 1 aromatic heterocycles. The minimum atomic E-state index is -0.143. The van der Waals surface area contributed by atoms with E-state index in [2.05, 4.69) is 29.0 Å². The van der Waals surface area contributed by atoms with Crippen molar-refractivity contribution in [1.82, 2.24) is 15.2 Å². The summed E-state index contributed by atoms with van der Waals surface area (Å²) in [5, 5.41) is 13.5. The highest BCUT2D eigenvalue weighted by atomic mass is 35.5. The summed E-state index contributed by atoms with van der Waals surface area (Å²) in [5.41, 5.74) is 2.78. The Balaban J connectivity index is 0.00000196. The normalized spacial score (nSPS) is 15.4. The molecular formula is C21H31Cl2N3O2. The van der Waals surface area contributed by atoms with E-state index >= 15 is 0 Å². The number of aromatic nitrogens is 1. The van der Waals surface area contributed by atoms with Crippen molar-refractivity contribution in [2.24, 2.45) is 0 Å². The second-order valence-electron chi connectivity index (χ2n) is 7.24. The molecule has 2 N–H and O–H groups in total. The molecular weight excluding hydrogens is 397 g/mol. The van der Waals surface area contributed by atoms with Crippen molar-refractivity contribution in [2.45, 2.75) is 32.8 Å². The number of nitrogens with one attached hydrogen (secondary N) is 1. The average molecular weight is 428 g/mol. The summed E-state index contributed by atoms with van der Waals surface area (Å²) in [4.78, 5) is 6.95. The molecule has 0 saturated carbocycles. The van der Waals surface area contributed by atoms with Crippen molar-refractivity contribution in [3.63, 3.8) is 0 Å². The van der Waals surface area contributed by atoms with Gasteiger partial charge < -0.3 is 15.2 Å². The van der Waals surface area contributed by atoms with Gasteiger partial charge in [0, 0.05) is 44.5 Å². The molecule has 0 spiro atoms. The van der Waals surface area contributed by atoms with Crippen LogP contribution in [0.4, 0.5) is 0 Å². The monoisotopic (exact) mass is 427 g/mol. The molecule has 0 radical (unpaired) electrons. The summed E-state index contributed by atoms with van der Waals surface area (Å²) < 4.78 is 6.50. The number of hydrogen-bond acceptors (Lipinski definition) is 5. The van der Waals surface area contributed by atoms with Crippen LogP contribution in [0, 0.1) is 6.92 Å². The fourth-order valence-electron chi connectivity index (χ4n) is 3.28. The molecule has 5 nitrogen and oxygen atoms in total. The molecule has 7 heteroatoms. The number of piperazine rings is 1. The van der Waals surface area contributed by atoms with E-state index in [1.807, 2.05) is 43.5 Å². The standard InChI is InChI=1S/C21H29N3O2.2ClH/c1-15(2)17-13-19(25)16(3)12-20(17)26-21(18-6-4-5-7-23-18)14-24-10-8-22-9-11-24;;/h4-7,12-13,15,21-22,25H,8-11,14H2,1-3H3;2*1H. The lowest BCUT2D eigenvalue weighted by Gasteiger charge is -2.31. The van der Waals surface area contributed by atoms with Crippen LogP contribution in [0.1, 0.15) is 42.7 Å². The van der Waals surface area contributed by atoms with Crippen LogP contribution in [0.15, 0.2) is 36.5 Å². The molecule has 156 valence electrons. The maximum atomic E-state index is 10.1. The molecule has 1 saturated heterocycles. The number of rotatable bonds is 6. The highest BCUT2D eigenvalue weighted by Gasteiger charge is 2.22. The van der Waals surface area contributed by atoms with Gasteiger partial charge in [0.1, 0.15) is 11.5 Å². The van der Waals surface area contributed by atoms with Crippen molar-refractivity contribution in [2.75, 3.05) is 32.7 Å². The Labute approximate surface area is 180 Å². The van der Waals surface area contributed by atoms with Gasteiger partial charge in [-0.3, -0.25) is 9.88 Å². The number of halogens is 2. The molecule has 1 aromatic carbocycles. The molecule has 0 bridgehead atoms. The Morgan fingerprint density at radius 1 is 1.18 bits per heavy atom. The SMILES string of the molecule is Cc1cc(OC(CN2CCNCC2)c2ccccn2)c(C(C)C)cc1O.Cl.Cl. The molecule has 2 aromatic rings. The van der Waals surface area contributed by atoms with Gasteiger partial charge in [0.15, 0.2) is 6.10 Å². The van der Waals surface area contributed by atoms with Crippen LogP contribution >= 0.6 is 24.8 Å². The minimum absolute atomic E-state index is 0. The number of hydrogen-bond donors (Lipinski definition) is 2. The fraction of sp³-hybridized carbons (Fsp3) is 0.476. The molecule has 3 rings (SSSR count). The van der Waals surface area contributed by atoms with Crippen LogP contribution in [0.2, 0.25) is 0 Å². The van der Waals surface area contributed by atoms with E-state index in [1.54, 1.807) is 0 Å². The van der Waals surface area contributed by atoms with Crippen molar-refractivity contribution in [3.05, 3.63) is 53.3 Å². The number of aryl methyl sites for hydroxylation is 1. The first-order chi connectivity index (χ1) is 12.5. The number of phenols is 1. The maximum Gasteiger partial charge on any atom is 0.153 e. The third kappa shape index (κ3) is 6.24. The number of aromatic hydroxyl groups is 1. The van der Waals surface area contributed by atoms with E-state index in [1.165, 1.54) is 0 Å².